The Morgan fingerprint density at radius 1 is 1.64 bits per heavy atom. The Labute approximate surface area is 80.2 Å². The number of hydrogen-bond donors (Lipinski definition) is 1. The van der Waals surface area contributed by atoms with Gasteiger partial charge in [0.2, 0.25) is 0 Å². The van der Waals surface area contributed by atoms with Crippen molar-refractivity contribution in [3.8, 4) is 0 Å². The molecule has 1 unspecified atom stereocenters. The number of aromatic nitrogens is 1. The number of aliphatic hydroxyl groups excluding tert-OH is 1. The number of nitrogens with zero attached hydrogens (tertiary/aromatic N) is 1. The molecule has 0 fully saturated rings. The van der Waals surface area contributed by atoms with Crippen LogP contribution >= 0.6 is 28.3 Å². The van der Waals surface area contributed by atoms with Crippen molar-refractivity contribution in [2.75, 3.05) is 0 Å². The summed E-state index contributed by atoms with van der Waals surface area (Å²) in [6.45, 7) is 1.72. The standard InChI is InChI=1S/C7H8BrNO.ClH/c1-5(10)6-2-3-9-4-7(6)8;/h2-5,10H,1H3;1H. The van der Waals surface area contributed by atoms with Gasteiger partial charge in [-0.25, -0.2) is 0 Å². The minimum Gasteiger partial charge on any atom is -0.389 e. The highest BCUT2D eigenvalue weighted by Crippen LogP contribution is 2.20. The molecule has 0 aliphatic rings. The summed E-state index contributed by atoms with van der Waals surface area (Å²) >= 11 is 3.27. The quantitative estimate of drug-likeness (QED) is 0.814. The van der Waals surface area contributed by atoms with Gasteiger partial charge in [0.25, 0.3) is 0 Å². The van der Waals surface area contributed by atoms with Gasteiger partial charge in [0.05, 0.1) is 6.10 Å². The van der Waals surface area contributed by atoms with E-state index in [2.05, 4.69) is 20.9 Å². The molecule has 2 nitrogen and oxygen atoms in total. The van der Waals surface area contributed by atoms with Crippen molar-refractivity contribution in [2.24, 2.45) is 0 Å². The van der Waals surface area contributed by atoms with Crippen LogP contribution < -0.4 is 0 Å². The molecule has 0 spiro atoms. The van der Waals surface area contributed by atoms with Gasteiger partial charge < -0.3 is 5.11 Å². The highest BCUT2D eigenvalue weighted by atomic mass is 79.9. The van der Waals surface area contributed by atoms with Crippen LogP contribution in [0.3, 0.4) is 0 Å². The lowest BCUT2D eigenvalue weighted by atomic mass is 10.2. The van der Waals surface area contributed by atoms with Gasteiger partial charge in [0.1, 0.15) is 0 Å². The van der Waals surface area contributed by atoms with E-state index in [1.54, 1.807) is 25.4 Å². The molecule has 0 aliphatic carbocycles. The SMILES string of the molecule is CC(O)c1ccncc1Br.Cl. The van der Waals surface area contributed by atoms with E-state index in [9.17, 15) is 0 Å². The van der Waals surface area contributed by atoms with Crippen molar-refractivity contribution in [1.29, 1.82) is 0 Å². The van der Waals surface area contributed by atoms with Crippen molar-refractivity contribution >= 4 is 28.3 Å². The van der Waals surface area contributed by atoms with Gasteiger partial charge in [-0.1, -0.05) is 0 Å². The lowest BCUT2D eigenvalue weighted by Crippen LogP contribution is -1.91. The predicted octanol–water partition coefficient (Wildman–Crippen LogP) is 2.32. The number of halogens is 2. The Hall–Kier alpha value is -0.120. The van der Waals surface area contributed by atoms with Crippen LogP contribution in [0.2, 0.25) is 0 Å². The van der Waals surface area contributed by atoms with Gasteiger partial charge in [-0.2, -0.15) is 0 Å². The molecule has 1 N–H and O–H groups in total. The summed E-state index contributed by atoms with van der Waals surface area (Å²) in [6.07, 6.45) is 2.90. The van der Waals surface area contributed by atoms with Crippen LogP contribution in [-0.2, 0) is 0 Å². The molecule has 0 amide bonds. The van der Waals surface area contributed by atoms with Gasteiger partial charge >= 0.3 is 0 Å². The van der Waals surface area contributed by atoms with E-state index in [0.29, 0.717) is 0 Å². The van der Waals surface area contributed by atoms with E-state index in [4.69, 9.17) is 5.11 Å². The predicted molar refractivity (Wildman–Crippen MR) is 49.8 cm³/mol. The van der Waals surface area contributed by atoms with E-state index in [1.807, 2.05) is 0 Å². The number of rotatable bonds is 1. The first kappa shape index (κ1) is 10.9. The lowest BCUT2D eigenvalue weighted by Gasteiger charge is -2.04. The van der Waals surface area contributed by atoms with Crippen LogP contribution in [-0.4, -0.2) is 10.1 Å². The van der Waals surface area contributed by atoms with Crippen molar-refractivity contribution in [3.63, 3.8) is 0 Å². The first-order valence-corrected chi connectivity index (χ1v) is 3.78. The summed E-state index contributed by atoms with van der Waals surface area (Å²) in [4.78, 5) is 3.87. The van der Waals surface area contributed by atoms with Crippen LogP contribution in [0, 0.1) is 0 Å². The van der Waals surface area contributed by atoms with E-state index in [0.717, 1.165) is 10.0 Å². The zero-order valence-electron chi connectivity index (χ0n) is 5.99. The van der Waals surface area contributed by atoms with Gasteiger partial charge in [0.15, 0.2) is 0 Å². The molecule has 0 radical (unpaired) electrons. The molecule has 0 aromatic carbocycles. The Kier molecular flexibility index (Phi) is 4.65. The average Bonchev–Trinajstić information content (AvgIpc) is 1.88. The number of pyridine rings is 1. The fourth-order valence-electron chi connectivity index (χ4n) is 0.725. The van der Waals surface area contributed by atoms with Crippen LogP contribution in [0.15, 0.2) is 22.9 Å². The summed E-state index contributed by atoms with van der Waals surface area (Å²) < 4.78 is 0.852. The topological polar surface area (TPSA) is 33.1 Å². The Morgan fingerprint density at radius 2 is 2.27 bits per heavy atom. The van der Waals surface area contributed by atoms with E-state index >= 15 is 0 Å². The molecule has 1 aromatic heterocycles. The van der Waals surface area contributed by atoms with Gasteiger partial charge in [-0.15, -0.1) is 12.4 Å². The third-order valence-corrected chi connectivity index (χ3v) is 1.92. The third-order valence-electron chi connectivity index (χ3n) is 1.25. The van der Waals surface area contributed by atoms with Crippen LogP contribution in [0.25, 0.3) is 0 Å². The van der Waals surface area contributed by atoms with Crippen molar-refractivity contribution in [1.82, 2.24) is 4.98 Å². The molecular weight excluding hydrogens is 229 g/mol. The number of aliphatic hydroxyl groups is 1. The Morgan fingerprint density at radius 3 is 2.64 bits per heavy atom. The molecule has 4 heteroatoms. The molecule has 1 heterocycles. The highest BCUT2D eigenvalue weighted by Gasteiger charge is 2.03. The second-order valence-corrected chi connectivity index (χ2v) is 2.93. The second-order valence-electron chi connectivity index (χ2n) is 2.07. The van der Waals surface area contributed by atoms with Crippen molar-refractivity contribution in [2.45, 2.75) is 13.0 Å². The monoisotopic (exact) mass is 237 g/mol. The van der Waals surface area contributed by atoms with E-state index in [-0.39, 0.29) is 12.4 Å². The van der Waals surface area contributed by atoms with Crippen LogP contribution in [0.5, 0.6) is 0 Å². The summed E-state index contributed by atoms with van der Waals surface area (Å²) in [7, 11) is 0. The molecule has 0 saturated carbocycles. The Balaban J connectivity index is 0.000001000. The molecule has 1 atom stereocenters. The average molecular weight is 239 g/mol. The smallest absolute Gasteiger partial charge is 0.0773 e. The molecule has 0 bridgehead atoms. The second kappa shape index (κ2) is 4.70. The first-order valence-electron chi connectivity index (χ1n) is 2.99. The van der Waals surface area contributed by atoms with E-state index < -0.39 is 6.10 Å². The molecule has 1 aromatic rings. The van der Waals surface area contributed by atoms with Gasteiger partial charge in [0, 0.05) is 16.9 Å². The first-order chi connectivity index (χ1) is 4.72. The third kappa shape index (κ3) is 2.77. The molecule has 1 rings (SSSR count). The molecule has 11 heavy (non-hydrogen) atoms. The summed E-state index contributed by atoms with van der Waals surface area (Å²) in [5.41, 5.74) is 0.870. The maximum absolute atomic E-state index is 9.15. The molecule has 0 aliphatic heterocycles. The summed E-state index contributed by atoms with van der Waals surface area (Å²) in [6, 6.07) is 1.79. The largest absolute Gasteiger partial charge is 0.389 e. The van der Waals surface area contributed by atoms with Crippen molar-refractivity contribution < 1.29 is 5.11 Å². The van der Waals surface area contributed by atoms with Crippen LogP contribution in [0.1, 0.15) is 18.6 Å². The summed E-state index contributed by atoms with van der Waals surface area (Å²) in [5, 5.41) is 9.15. The summed E-state index contributed by atoms with van der Waals surface area (Å²) in [5.74, 6) is 0. The molecule has 0 saturated heterocycles. The maximum Gasteiger partial charge on any atom is 0.0773 e. The number of hydrogen-bond acceptors (Lipinski definition) is 2. The minimum atomic E-state index is -0.433. The lowest BCUT2D eigenvalue weighted by molar-refractivity contribution is 0.198. The van der Waals surface area contributed by atoms with Gasteiger partial charge in [-0.05, 0) is 34.5 Å². The fraction of sp³-hybridized carbons (Fsp3) is 0.286. The molecule has 62 valence electrons. The Bertz CT molecular complexity index is 229. The maximum atomic E-state index is 9.15. The molecular formula is C7H9BrClNO. The van der Waals surface area contributed by atoms with Gasteiger partial charge in [-0.3, -0.25) is 4.98 Å². The van der Waals surface area contributed by atoms with Crippen LogP contribution in [0.4, 0.5) is 0 Å². The van der Waals surface area contributed by atoms with E-state index in [1.165, 1.54) is 0 Å². The minimum absolute atomic E-state index is 0. The highest BCUT2D eigenvalue weighted by molar-refractivity contribution is 9.10. The zero-order valence-corrected chi connectivity index (χ0v) is 8.39. The van der Waals surface area contributed by atoms with Crippen molar-refractivity contribution in [3.05, 3.63) is 28.5 Å². The fourth-order valence-corrected chi connectivity index (χ4v) is 1.31. The zero-order chi connectivity index (χ0) is 7.56. The normalized spacial score (nSPS) is 11.9.